The van der Waals surface area contributed by atoms with Gasteiger partial charge in [-0.25, -0.2) is 0 Å². The minimum absolute atomic E-state index is 0.0234. The van der Waals surface area contributed by atoms with Crippen LogP contribution in [0.15, 0.2) is 48.5 Å². The van der Waals surface area contributed by atoms with Crippen molar-refractivity contribution in [2.75, 3.05) is 0 Å². The van der Waals surface area contributed by atoms with Crippen molar-refractivity contribution < 1.29 is 13.8 Å². The van der Waals surface area contributed by atoms with E-state index < -0.39 is 0 Å². The van der Waals surface area contributed by atoms with E-state index in [9.17, 15) is 0 Å². The zero-order valence-corrected chi connectivity index (χ0v) is 9.34. The molecule has 0 saturated carbocycles. The van der Waals surface area contributed by atoms with Gasteiger partial charge in [-0.2, -0.15) is 0 Å². The zero-order valence-electron chi connectivity index (χ0n) is 8.34. The molecule has 0 spiro atoms. The summed E-state index contributed by atoms with van der Waals surface area (Å²) in [5, 5.41) is 0. The fourth-order valence-electron chi connectivity index (χ4n) is 1.48. The second-order valence-corrected chi connectivity index (χ2v) is 3.86. The number of fused-ring (bicyclic) bond motifs is 1. The van der Waals surface area contributed by atoms with Crippen LogP contribution in [0, 0.1) is 0 Å². The molecule has 1 unspecified atom stereocenters. The first-order chi connectivity index (χ1) is 7.93. The number of rotatable bonds is 2. The van der Waals surface area contributed by atoms with Crippen LogP contribution in [0.25, 0.3) is 0 Å². The Balaban J connectivity index is 1.94. The van der Waals surface area contributed by atoms with Gasteiger partial charge in [-0.15, -0.1) is 0 Å². The second-order valence-electron chi connectivity index (χ2n) is 3.29. The monoisotopic (exact) mass is 232 g/mol. The molecule has 2 aromatic carbocycles. The standard InChI is InChI=1S/C12H9O3P/c1-2-5-9(6-3-1)13-10-7-4-8-11-12(10)15-16-14-11/h1-8,16H. The van der Waals surface area contributed by atoms with E-state index in [0.29, 0.717) is 11.5 Å². The Morgan fingerprint density at radius 2 is 1.75 bits per heavy atom. The molecule has 0 aliphatic carbocycles. The molecule has 4 heteroatoms. The Bertz CT molecular complexity index is 499. The lowest BCUT2D eigenvalue weighted by molar-refractivity contribution is 0.460. The van der Waals surface area contributed by atoms with Crippen molar-refractivity contribution in [2.24, 2.45) is 0 Å². The van der Waals surface area contributed by atoms with Crippen molar-refractivity contribution in [2.45, 2.75) is 0 Å². The average molecular weight is 232 g/mol. The summed E-state index contributed by atoms with van der Waals surface area (Å²) >= 11 is 0. The van der Waals surface area contributed by atoms with Crippen molar-refractivity contribution in [3.8, 4) is 23.0 Å². The van der Waals surface area contributed by atoms with E-state index >= 15 is 0 Å². The SMILES string of the molecule is c1ccc(Oc2cccc3c2OPO3)cc1. The van der Waals surface area contributed by atoms with Crippen LogP contribution >= 0.6 is 9.03 Å². The minimum atomic E-state index is 0.0234. The maximum absolute atomic E-state index is 5.72. The Hall–Kier alpha value is -1.73. The lowest BCUT2D eigenvalue weighted by atomic mass is 10.3. The van der Waals surface area contributed by atoms with Crippen molar-refractivity contribution in [1.82, 2.24) is 0 Å². The first-order valence-corrected chi connectivity index (χ1v) is 5.70. The largest absolute Gasteiger partial charge is 0.453 e. The van der Waals surface area contributed by atoms with Gasteiger partial charge in [-0.05, 0) is 24.3 Å². The average Bonchev–Trinajstić information content (AvgIpc) is 2.80. The van der Waals surface area contributed by atoms with Gasteiger partial charge in [-0.3, -0.25) is 0 Å². The summed E-state index contributed by atoms with van der Waals surface area (Å²) in [6, 6.07) is 15.2. The third-order valence-corrected chi connectivity index (χ3v) is 2.80. The highest BCUT2D eigenvalue weighted by molar-refractivity contribution is 7.27. The quantitative estimate of drug-likeness (QED) is 0.738. The molecule has 3 nitrogen and oxygen atoms in total. The zero-order chi connectivity index (χ0) is 10.8. The topological polar surface area (TPSA) is 27.7 Å². The van der Waals surface area contributed by atoms with E-state index in [1.54, 1.807) is 0 Å². The molecule has 80 valence electrons. The highest BCUT2D eigenvalue weighted by atomic mass is 31.1. The van der Waals surface area contributed by atoms with Gasteiger partial charge >= 0.3 is 0 Å². The third kappa shape index (κ3) is 1.70. The maximum Gasteiger partial charge on any atom is 0.275 e. The van der Waals surface area contributed by atoms with Gasteiger partial charge in [0.1, 0.15) is 5.75 Å². The maximum atomic E-state index is 5.72. The summed E-state index contributed by atoms with van der Waals surface area (Å²) in [4.78, 5) is 0. The summed E-state index contributed by atoms with van der Waals surface area (Å²) in [5.74, 6) is 2.90. The van der Waals surface area contributed by atoms with Crippen LogP contribution in [0.2, 0.25) is 0 Å². The lowest BCUT2D eigenvalue weighted by Gasteiger charge is -2.07. The molecule has 2 aromatic rings. The van der Waals surface area contributed by atoms with Crippen LogP contribution in [0.3, 0.4) is 0 Å². The third-order valence-electron chi connectivity index (χ3n) is 2.21. The smallest absolute Gasteiger partial charge is 0.275 e. The van der Waals surface area contributed by atoms with E-state index in [1.165, 1.54) is 0 Å². The van der Waals surface area contributed by atoms with Crippen molar-refractivity contribution in [1.29, 1.82) is 0 Å². The molecule has 0 aromatic heterocycles. The highest BCUT2D eigenvalue weighted by Gasteiger charge is 2.19. The molecule has 1 aliphatic rings. The predicted molar refractivity (Wildman–Crippen MR) is 62.5 cm³/mol. The van der Waals surface area contributed by atoms with Gasteiger partial charge in [0.15, 0.2) is 11.5 Å². The van der Waals surface area contributed by atoms with E-state index in [2.05, 4.69) is 0 Å². The van der Waals surface area contributed by atoms with Crippen molar-refractivity contribution >= 4 is 9.03 Å². The summed E-state index contributed by atoms with van der Waals surface area (Å²) in [6.45, 7) is 0. The molecular weight excluding hydrogens is 223 g/mol. The summed E-state index contributed by atoms with van der Waals surface area (Å²) in [7, 11) is 0.0234. The van der Waals surface area contributed by atoms with Gasteiger partial charge in [0.2, 0.25) is 5.75 Å². The lowest BCUT2D eigenvalue weighted by Crippen LogP contribution is -1.85. The summed E-state index contributed by atoms with van der Waals surface area (Å²) < 4.78 is 16.4. The van der Waals surface area contributed by atoms with Crippen molar-refractivity contribution in [3.63, 3.8) is 0 Å². The molecule has 0 radical (unpaired) electrons. The predicted octanol–water partition coefficient (Wildman–Crippen LogP) is 3.76. The van der Waals surface area contributed by atoms with Gasteiger partial charge < -0.3 is 13.8 Å². The first-order valence-electron chi connectivity index (χ1n) is 4.88. The molecule has 1 atom stereocenters. The fourth-order valence-corrected chi connectivity index (χ4v) is 2.06. The van der Waals surface area contributed by atoms with Gasteiger partial charge in [0.25, 0.3) is 9.03 Å². The van der Waals surface area contributed by atoms with E-state index in [4.69, 9.17) is 13.8 Å². The number of hydrogen-bond donors (Lipinski definition) is 0. The van der Waals surface area contributed by atoms with Gasteiger partial charge in [-0.1, -0.05) is 24.3 Å². The minimum Gasteiger partial charge on any atom is -0.453 e. The van der Waals surface area contributed by atoms with Crippen LogP contribution in [0.5, 0.6) is 23.0 Å². The van der Waals surface area contributed by atoms with Crippen molar-refractivity contribution in [3.05, 3.63) is 48.5 Å². The van der Waals surface area contributed by atoms with E-state index in [0.717, 1.165) is 11.5 Å². The van der Waals surface area contributed by atoms with Crippen LogP contribution in [0.4, 0.5) is 0 Å². The van der Waals surface area contributed by atoms with Gasteiger partial charge in [0.05, 0.1) is 0 Å². The summed E-state index contributed by atoms with van der Waals surface area (Å²) in [6.07, 6.45) is 0. The Morgan fingerprint density at radius 3 is 2.62 bits per heavy atom. The molecule has 3 rings (SSSR count). The number of benzene rings is 2. The molecule has 1 aliphatic heterocycles. The first kappa shape index (κ1) is 9.49. The molecular formula is C12H9O3P. The molecule has 0 bridgehead atoms. The molecule has 0 N–H and O–H groups in total. The molecule has 0 fully saturated rings. The van der Waals surface area contributed by atoms with Crippen LogP contribution < -0.4 is 13.8 Å². The Kier molecular flexibility index (Phi) is 2.39. The Labute approximate surface area is 94.9 Å². The Morgan fingerprint density at radius 1 is 0.875 bits per heavy atom. The number of para-hydroxylation sites is 2. The fraction of sp³-hybridized carbons (Fsp3) is 0. The molecule has 1 heterocycles. The molecule has 0 saturated heterocycles. The highest BCUT2D eigenvalue weighted by Crippen LogP contribution is 2.48. The second kappa shape index (κ2) is 4.03. The normalized spacial score (nSPS) is 14.0. The van der Waals surface area contributed by atoms with Gasteiger partial charge in [0, 0.05) is 0 Å². The van der Waals surface area contributed by atoms with Crippen LogP contribution in [0.1, 0.15) is 0 Å². The van der Waals surface area contributed by atoms with E-state index in [1.807, 2.05) is 48.5 Å². The molecule has 16 heavy (non-hydrogen) atoms. The number of ether oxygens (including phenoxy) is 1. The van der Waals surface area contributed by atoms with E-state index in [-0.39, 0.29) is 9.03 Å². The number of hydrogen-bond acceptors (Lipinski definition) is 3. The van der Waals surface area contributed by atoms with Crippen LogP contribution in [-0.4, -0.2) is 0 Å². The molecule has 0 amide bonds. The van der Waals surface area contributed by atoms with Crippen LogP contribution in [-0.2, 0) is 0 Å². The summed E-state index contributed by atoms with van der Waals surface area (Å²) in [5.41, 5.74) is 0.